The van der Waals surface area contributed by atoms with Gasteiger partial charge in [0.2, 0.25) is 5.91 Å². The van der Waals surface area contributed by atoms with Crippen molar-refractivity contribution in [2.24, 2.45) is 5.92 Å². The van der Waals surface area contributed by atoms with Crippen LogP contribution in [0, 0.1) is 12.8 Å². The van der Waals surface area contributed by atoms with Crippen molar-refractivity contribution in [2.75, 3.05) is 18.2 Å². The molecule has 0 saturated carbocycles. The Kier molecular flexibility index (Phi) is 5.28. The molecule has 0 bridgehead atoms. The van der Waals surface area contributed by atoms with Gasteiger partial charge in [0.15, 0.2) is 0 Å². The van der Waals surface area contributed by atoms with Gasteiger partial charge in [0.25, 0.3) is 0 Å². The van der Waals surface area contributed by atoms with E-state index in [1.54, 1.807) is 7.11 Å². The number of carbonyl (C=O) groups excluding carboxylic acids is 1. The highest BCUT2D eigenvalue weighted by atomic mass is 32.2. The van der Waals surface area contributed by atoms with Crippen molar-refractivity contribution in [3.8, 4) is 5.75 Å². The maximum Gasteiger partial charge on any atom is 0.305 e. The molecule has 2 aromatic carbocycles. The second kappa shape index (κ2) is 7.85. The maximum absolute atomic E-state index is 13.2. The Morgan fingerprint density at radius 1 is 1.18 bits per heavy atom. The molecule has 1 amide bonds. The number of carbonyl (C=O) groups is 1. The zero-order valence-electron chi connectivity index (χ0n) is 15.5. The molecule has 0 radical (unpaired) electrons. The number of methoxy groups -OCH3 is 1. The van der Waals surface area contributed by atoms with Crippen LogP contribution in [0.2, 0.25) is 0 Å². The first-order valence-electron chi connectivity index (χ1n) is 8.93. The smallest absolute Gasteiger partial charge is 0.305 e. The lowest BCUT2D eigenvalue weighted by molar-refractivity contribution is -0.119. The van der Waals surface area contributed by atoms with Crippen LogP contribution in [0.5, 0.6) is 5.75 Å². The van der Waals surface area contributed by atoms with Gasteiger partial charge in [-0.05, 0) is 25.1 Å². The summed E-state index contributed by atoms with van der Waals surface area (Å²) in [4.78, 5) is 28.9. The van der Waals surface area contributed by atoms with Crippen molar-refractivity contribution in [1.29, 1.82) is 0 Å². The highest BCUT2D eigenvalue weighted by molar-refractivity contribution is 7.99. The summed E-state index contributed by atoms with van der Waals surface area (Å²) in [5.74, 6) is 0.696. The van der Waals surface area contributed by atoms with Crippen LogP contribution >= 0.6 is 23.1 Å². The van der Waals surface area contributed by atoms with Gasteiger partial charge >= 0.3 is 4.87 Å². The number of anilines is 1. The molecule has 28 heavy (non-hydrogen) atoms. The number of thioether (sulfide) groups is 1. The van der Waals surface area contributed by atoms with Crippen LogP contribution in [-0.4, -0.2) is 23.8 Å². The van der Waals surface area contributed by atoms with Gasteiger partial charge in [-0.3, -0.25) is 9.59 Å². The quantitative estimate of drug-likeness (QED) is 0.672. The van der Waals surface area contributed by atoms with E-state index in [1.807, 2.05) is 55.5 Å². The van der Waals surface area contributed by atoms with E-state index in [-0.39, 0.29) is 22.6 Å². The summed E-state index contributed by atoms with van der Waals surface area (Å²) in [5.41, 5.74) is 2.83. The van der Waals surface area contributed by atoms with E-state index < -0.39 is 0 Å². The number of benzene rings is 2. The molecule has 0 saturated heterocycles. The number of amides is 1. The van der Waals surface area contributed by atoms with E-state index in [2.05, 4.69) is 10.3 Å². The first-order chi connectivity index (χ1) is 13.6. The number of aryl methyl sites for hydroxylation is 1. The van der Waals surface area contributed by atoms with E-state index in [9.17, 15) is 9.59 Å². The number of para-hydroxylation sites is 1. The van der Waals surface area contributed by atoms with Gasteiger partial charge in [0, 0.05) is 27.8 Å². The molecule has 0 spiro atoms. The van der Waals surface area contributed by atoms with Gasteiger partial charge < -0.3 is 15.0 Å². The van der Waals surface area contributed by atoms with E-state index in [1.165, 1.54) is 23.1 Å². The zero-order chi connectivity index (χ0) is 19.7. The molecule has 4 rings (SSSR count). The predicted octanol–water partition coefficient (Wildman–Crippen LogP) is 4.25. The molecule has 2 atom stereocenters. The molecule has 2 heterocycles. The SMILES string of the molecule is COc1ccccc1[C@H]1c2sc(=O)[nH]c2SC[C@H]1C(=O)Nc1ccc(C)cc1. The van der Waals surface area contributed by atoms with E-state index >= 15 is 0 Å². The number of fused-ring (bicyclic) bond motifs is 1. The summed E-state index contributed by atoms with van der Waals surface area (Å²) < 4.78 is 5.56. The molecule has 7 heteroatoms. The molecule has 0 fully saturated rings. The molecular weight excluding hydrogens is 392 g/mol. The summed E-state index contributed by atoms with van der Waals surface area (Å²) in [7, 11) is 1.62. The third-order valence-electron chi connectivity index (χ3n) is 4.86. The number of aromatic nitrogens is 1. The largest absolute Gasteiger partial charge is 0.496 e. The molecule has 1 aromatic heterocycles. The predicted molar refractivity (Wildman–Crippen MR) is 114 cm³/mol. The van der Waals surface area contributed by atoms with Gasteiger partial charge in [0.05, 0.1) is 18.1 Å². The lowest BCUT2D eigenvalue weighted by Crippen LogP contribution is -2.32. The Balaban J connectivity index is 1.73. The standard InChI is InChI=1S/C21H20N2O3S2/c1-12-7-9-13(10-8-12)22-19(24)15-11-27-20-18(28-21(25)23-20)17(15)14-5-3-4-6-16(14)26-2/h3-10,15,17H,11H2,1-2H3,(H,22,24)(H,23,25)/t15-,17-/m1/s1. The molecule has 144 valence electrons. The van der Waals surface area contributed by atoms with Crippen molar-refractivity contribution >= 4 is 34.7 Å². The third kappa shape index (κ3) is 3.59. The molecule has 3 aromatic rings. The molecule has 0 aliphatic carbocycles. The average Bonchev–Trinajstić information content (AvgIpc) is 3.09. The van der Waals surface area contributed by atoms with Gasteiger partial charge in [-0.25, -0.2) is 0 Å². The highest BCUT2D eigenvalue weighted by Crippen LogP contribution is 2.47. The fourth-order valence-corrected chi connectivity index (χ4v) is 5.88. The summed E-state index contributed by atoms with van der Waals surface area (Å²) >= 11 is 2.70. The van der Waals surface area contributed by atoms with Crippen molar-refractivity contribution in [3.63, 3.8) is 0 Å². The Bertz CT molecular complexity index is 1060. The molecule has 2 N–H and O–H groups in total. The number of thiazole rings is 1. The summed E-state index contributed by atoms with van der Waals surface area (Å²) in [6, 6.07) is 15.5. The van der Waals surface area contributed by atoms with Gasteiger partial charge in [-0.15, -0.1) is 11.8 Å². The number of nitrogens with one attached hydrogen (secondary N) is 2. The minimum absolute atomic E-state index is 0.0567. The van der Waals surface area contributed by atoms with Crippen LogP contribution in [0.15, 0.2) is 58.4 Å². The van der Waals surface area contributed by atoms with Gasteiger partial charge in [-0.2, -0.15) is 0 Å². The van der Waals surface area contributed by atoms with Crippen LogP contribution in [0.4, 0.5) is 5.69 Å². The second-order valence-corrected chi connectivity index (χ2v) is 8.75. The zero-order valence-corrected chi connectivity index (χ0v) is 17.2. The van der Waals surface area contributed by atoms with Crippen LogP contribution < -0.4 is 14.9 Å². The van der Waals surface area contributed by atoms with Crippen molar-refractivity contribution in [2.45, 2.75) is 17.9 Å². The summed E-state index contributed by atoms with van der Waals surface area (Å²) in [6.45, 7) is 2.01. The minimum atomic E-state index is -0.318. The number of hydrogen-bond acceptors (Lipinski definition) is 5. The Morgan fingerprint density at radius 3 is 2.68 bits per heavy atom. The number of rotatable bonds is 4. The molecule has 1 aliphatic rings. The minimum Gasteiger partial charge on any atom is -0.496 e. The van der Waals surface area contributed by atoms with E-state index in [0.717, 1.165) is 32.5 Å². The van der Waals surface area contributed by atoms with Crippen molar-refractivity contribution in [3.05, 3.63) is 74.2 Å². The fraction of sp³-hybridized carbons (Fsp3) is 0.238. The van der Waals surface area contributed by atoms with Crippen LogP contribution in [-0.2, 0) is 4.79 Å². The first kappa shape index (κ1) is 18.8. The fourth-order valence-electron chi connectivity index (χ4n) is 3.47. The van der Waals surface area contributed by atoms with Crippen molar-refractivity contribution < 1.29 is 9.53 Å². The lowest BCUT2D eigenvalue weighted by Gasteiger charge is -2.31. The maximum atomic E-state index is 13.2. The molecule has 0 unspecified atom stereocenters. The van der Waals surface area contributed by atoms with Crippen LogP contribution in [0.25, 0.3) is 0 Å². The topological polar surface area (TPSA) is 71.2 Å². The normalized spacial score (nSPS) is 18.4. The molecular formula is C21H20N2O3S2. The van der Waals surface area contributed by atoms with Crippen molar-refractivity contribution in [1.82, 2.24) is 4.98 Å². The monoisotopic (exact) mass is 412 g/mol. The molecule has 1 aliphatic heterocycles. The first-order valence-corrected chi connectivity index (χ1v) is 10.7. The van der Waals surface area contributed by atoms with Gasteiger partial charge in [0.1, 0.15) is 5.75 Å². The lowest BCUT2D eigenvalue weighted by atomic mass is 9.84. The highest BCUT2D eigenvalue weighted by Gasteiger charge is 2.39. The molecule has 5 nitrogen and oxygen atoms in total. The number of aromatic amines is 1. The second-order valence-electron chi connectivity index (χ2n) is 6.70. The number of ether oxygens (including phenoxy) is 1. The Labute approximate surface area is 171 Å². The number of H-pyrrole nitrogens is 1. The average molecular weight is 413 g/mol. The summed E-state index contributed by atoms with van der Waals surface area (Å²) in [6.07, 6.45) is 0. The third-order valence-corrected chi connectivity index (χ3v) is 7.10. The summed E-state index contributed by atoms with van der Waals surface area (Å²) in [5, 5.41) is 3.89. The van der Waals surface area contributed by atoms with E-state index in [4.69, 9.17) is 4.74 Å². The Hall–Kier alpha value is -2.51. The number of hydrogen-bond donors (Lipinski definition) is 2. The van der Waals surface area contributed by atoms with Crippen LogP contribution in [0.1, 0.15) is 21.9 Å². The van der Waals surface area contributed by atoms with E-state index in [0.29, 0.717) is 5.75 Å². The van der Waals surface area contributed by atoms with Crippen LogP contribution in [0.3, 0.4) is 0 Å². The van der Waals surface area contributed by atoms with Gasteiger partial charge in [-0.1, -0.05) is 47.2 Å². The Morgan fingerprint density at radius 2 is 1.93 bits per heavy atom.